The van der Waals surface area contributed by atoms with E-state index in [9.17, 15) is 9.59 Å². The number of ether oxygens (including phenoxy) is 2. The molecule has 0 aliphatic rings. The summed E-state index contributed by atoms with van der Waals surface area (Å²) in [5.41, 5.74) is -0.590. The molecule has 0 fully saturated rings. The highest BCUT2D eigenvalue weighted by Gasteiger charge is 2.23. The van der Waals surface area contributed by atoms with Gasteiger partial charge in [0.05, 0.1) is 5.41 Å². The molecule has 0 rings (SSSR count). The number of hydrogen-bond acceptors (Lipinski definition) is 4. The normalized spacial score (nSPS) is 10.7. The minimum Gasteiger partial charge on any atom is -0.427 e. The minimum absolute atomic E-state index is 0.362. The summed E-state index contributed by atoms with van der Waals surface area (Å²) in [4.78, 5) is 22.1. The smallest absolute Gasteiger partial charge is 0.410 e. The topological polar surface area (TPSA) is 64.6 Å². The van der Waals surface area contributed by atoms with Gasteiger partial charge in [0.15, 0.2) is 0 Å². The molecule has 0 saturated heterocycles. The van der Waals surface area contributed by atoms with Gasteiger partial charge >= 0.3 is 12.1 Å². The summed E-state index contributed by atoms with van der Waals surface area (Å²) in [5, 5.41) is 2.43. The van der Waals surface area contributed by atoms with Crippen molar-refractivity contribution in [3.63, 3.8) is 0 Å². The molecule has 0 heterocycles. The second kappa shape index (κ2) is 6.27. The number of carbonyl (C=O) groups excluding carboxylic acids is 2. The average Bonchev–Trinajstić information content (AvgIpc) is 2.13. The van der Waals surface area contributed by atoms with Gasteiger partial charge in [-0.1, -0.05) is 6.92 Å². The summed E-state index contributed by atoms with van der Waals surface area (Å²) in [7, 11) is 0. The molecule has 0 aliphatic heterocycles. The number of amides is 1. The van der Waals surface area contributed by atoms with Crippen molar-refractivity contribution in [2.24, 2.45) is 5.41 Å². The van der Waals surface area contributed by atoms with Crippen molar-refractivity contribution < 1.29 is 19.1 Å². The van der Waals surface area contributed by atoms with Gasteiger partial charge in [0.2, 0.25) is 6.79 Å². The van der Waals surface area contributed by atoms with E-state index in [1.54, 1.807) is 20.8 Å². The molecule has 0 atom stereocenters. The first kappa shape index (κ1) is 13.7. The number of esters is 1. The third-order valence-corrected chi connectivity index (χ3v) is 1.44. The van der Waals surface area contributed by atoms with Crippen molar-refractivity contribution in [3.8, 4) is 0 Å². The van der Waals surface area contributed by atoms with Crippen LogP contribution in [0.5, 0.6) is 0 Å². The molecule has 1 amide bonds. The van der Waals surface area contributed by atoms with E-state index in [1.165, 1.54) is 0 Å². The number of rotatable bonds is 4. The van der Waals surface area contributed by atoms with Crippen LogP contribution < -0.4 is 5.32 Å². The molecule has 1 N–H and O–H groups in total. The highest BCUT2D eigenvalue weighted by Crippen LogP contribution is 2.14. The Morgan fingerprint density at radius 2 is 1.87 bits per heavy atom. The Labute approximate surface area is 90.1 Å². The Hall–Kier alpha value is -1.26. The van der Waals surface area contributed by atoms with Gasteiger partial charge in [0, 0.05) is 6.54 Å². The van der Waals surface area contributed by atoms with Crippen LogP contribution in [0.2, 0.25) is 0 Å². The fourth-order valence-electron chi connectivity index (χ4n) is 0.594. The maximum Gasteiger partial charge on any atom is 0.410 e. The van der Waals surface area contributed by atoms with Crippen molar-refractivity contribution in [1.29, 1.82) is 0 Å². The molecule has 0 aliphatic carbocycles. The molecule has 5 heteroatoms. The Morgan fingerprint density at radius 1 is 1.27 bits per heavy atom. The predicted molar refractivity (Wildman–Crippen MR) is 54.9 cm³/mol. The molecule has 0 aromatic heterocycles. The SMILES string of the molecule is [CH2]CCNC(=O)OCOC(=O)C(C)(C)C. The second-order valence-corrected chi connectivity index (χ2v) is 4.01. The van der Waals surface area contributed by atoms with E-state index < -0.39 is 17.5 Å². The van der Waals surface area contributed by atoms with Crippen LogP contribution in [0.15, 0.2) is 0 Å². The highest BCUT2D eigenvalue weighted by atomic mass is 16.7. The summed E-state index contributed by atoms with van der Waals surface area (Å²) in [5.74, 6) is -0.410. The first-order valence-corrected chi connectivity index (χ1v) is 4.75. The largest absolute Gasteiger partial charge is 0.427 e. The molecule has 1 radical (unpaired) electrons. The summed E-state index contributed by atoms with van der Waals surface area (Å²) in [6.45, 7) is 8.78. The van der Waals surface area contributed by atoms with Crippen molar-refractivity contribution >= 4 is 12.1 Å². The molecule has 0 saturated carbocycles. The monoisotopic (exact) mass is 216 g/mol. The maximum atomic E-state index is 11.2. The molecular formula is C10H18NO4. The van der Waals surface area contributed by atoms with E-state index in [0.29, 0.717) is 13.0 Å². The van der Waals surface area contributed by atoms with Crippen LogP contribution in [-0.4, -0.2) is 25.4 Å². The van der Waals surface area contributed by atoms with Gasteiger partial charge in [-0.15, -0.1) is 0 Å². The minimum atomic E-state index is -0.611. The third kappa shape index (κ3) is 6.76. The van der Waals surface area contributed by atoms with Crippen molar-refractivity contribution in [1.82, 2.24) is 5.32 Å². The summed E-state index contributed by atoms with van der Waals surface area (Å²) in [6.07, 6.45) is -0.0305. The van der Waals surface area contributed by atoms with Gasteiger partial charge in [0.1, 0.15) is 0 Å². The standard InChI is InChI=1S/C10H18NO4/c1-5-6-11-9(13)15-7-14-8(12)10(2,3)4/h1,5-7H2,2-4H3,(H,11,13). The maximum absolute atomic E-state index is 11.2. The lowest BCUT2D eigenvalue weighted by molar-refractivity contribution is -0.161. The van der Waals surface area contributed by atoms with Crippen LogP contribution in [0.1, 0.15) is 27.2 Å². The molecule has 0 unspecified atom stereocenters. The summed E-state index contributed by atoms with van der Waals surface area (Å²) < 4.78 is 9.31. The lowest BCUT2D eigenvalue weighted by atomic mass is 9.98. The van der Waals surface area contributed by atoms with Crippen LogP contribution in [0.4, 0.5) is 4.79 Å². The van der Waals surface area contributed by atoms with Gasteiger partial charge in [-0.3, -0.25) is 4.79 Å². The van der Waals surface area contributed by atoms with Crippen molar-refractivity contribution in [2.75, 3.05) is 13.3 Å². The van der Waals surface area contributed by atoms with Crippen LogP contribution in [0.25, 0.3) is 0 Å². The Balaban J connectivity index is 3.62. The molecule has 5 nitrogen and oxygen atoms in total. The Morgan fingerprint density at radius 3 is 2.33 bits per heavy atom. The van der Waals surface area contributed by atoms with Gasteiger partial charge in [-0.25, -0.2) is 4.79 Å². The first-order chi connectivity index (χ1) is 6.88. The van der Waals surface area contributed by atoms with E-state index in [-0.39, 0.29) is 6.79 Å². The summed E-state index contributed by atoms with van der Waals surface area (Å²) in [6, 6.07) is 0. The van der Waals surface area contributed by atoms with Crippen molar-refractivity contribution in [2.45, 2.75) is 27.2 Å². The number of carbonyl (C=O) groups is 2. The average molecular weight is 216 g/mol. The predicted octanol–water partition coefficient (Wildman–Crippen LogP) is 1.48. The molecule has 87 valence electrons. The molecule has 0 aromatic rings. The zero-order valence-corrected chi connectivity index (χ0v) is 9.46. The van der Waals surface area contributed by atoms with Gasteiger partial charge in [-0.05, 0) is 27.2 Å². The lowest BCUT2D eigenvalue weighted by Crippen LogP contribution is -2.29. The van der Waals surface area contributed by atoms with E-state index in [2.05, 4.69) is 17.0 Å². The van der Waals surface area contributed by atoms with Crippen LogP contribution in [0, 0.1) is 12.3 Å². The van der Waals surface area contributed by atoms with E-state index in [4.69, 9.17) is 4.74 Å². The van der Waals surface area contributed by atoms with Crippen molar-refractivity contribution in [3.05, 3.63) is 6.92 Å². The summed E-state index contributed by atoms with van der Waals surface area (Å²) >= 11 is 0. The fourth-order valence-corrected chi connectivity index (χ4v) is 0.594. The number of nitrogens with one attached hydrogen (secondary N) is 1. The van der Waals surface area contributed by atoms with Crippen LogP contribution >= 0.6 is 0 Å². The van der Waals surface area contributed by atoms with Gasteiger partial charge < -0.3 is 14.8 Å². The number of alkyl carbamates (subject to hydrolysis) is 1. The fraction of sp³-hybridized carbons (Fsp3) is 0.700. The van der Waals surface area contributed by atoms with E-state index >= 15 is 0 Å². The van der Waals surface area contributed by atoms with E-state index in [1.807, 2.05) is 0 Å². The zero-order chi connectivity index (χ0) is 11.9. The Bertz CT molecular complexity index is 220. The lowest BCUT2D eigenvalue weighted by Gasteiger charge is -2.16. The number of hydrogen-bond donors (Lipinski definition) is 1. The third-order valence-electron chi connectivity index (χ3n) is 1.44. The first-order valence-electron chi connectivity index (χ1n) is 4.75. The molecule has 15 heavy (non-hydrogen) atoms. The zero-order valence-electron chi connectivity index (χ0n) is 9.46. The highest BCUT2D eigenvalue weighted by molar-refractivity contribution is 5.75. The van der Waals surface area contributed by atoms with Crippen LogP contribution in [0.3, 0.4) is 0 Å². The molecular weight excluding hydrogens is 198 g/mol. The van der Waals surface area contributed by atoms with Gasteiger partial charge in [0.25, 0.3) is 0 Å². The molecule has 0 spiro atoms. The van der Waals surface area contributed by atoms with E-state index in [0.717, 1.165) is 0 Å². The quantitative estimate of drug-likeness (QED) is 0.571. The van der Waals surface area contributed by atoms with Crippen LogP contribution in [-0.2, 0) is 14.3 Å². The second-order valence-electron chi connectivity index (χ2n) is 4.01. The molecule has 0 bridgehead atoms. The molecule has 0 aromatic carbocycles. The Kier molecular flexibility index (Phi) is 5.74. The van der Waals surface area contributed by atoms with Gasteiger partial charge in [-0.2, -0.15) is 0 Å².